The predicted octanol–water partition coefficient (Wildman–Crippen LogP) is 3.77. The van der Waals surface area contributed by atoms with E-state index in [9.17, 15) is 0 Å². The normalized spacial score (nSPS) is 10.8. The maximum absolute atomic E-state index is 8.93. The number of hydrogen-bond acceptors (Lipinski definition) is 3. The summed E-state index contributed by atoms with van der Waals surface area (Å²) in [7, 11) is 0. The number of rotatable bonds is 5. The van der Waals surface area contributed by atoms with Crippen LogP contribution in [0.3, 0.4) is 0 Å². The van der Waals surface area contributed by atoms with Gasteiger partial charge in [0.1, 0.15) is 23.4 Å². The lowest BCUT2D eigenvalue weighted by molar-refractivity contribution is 0.306. The van der Waals surface area contributed by atoms with Crippen LogP contribution in [0.1, 0.15) is 16.7 Å². The standard InChI is InChI=1S/C18H16N2OS/c1-13-3-2-4-15(9-13)12-21-17-7-5-14(6-8-17)10-16(11-19)18(20)22/h2-10H,12H2,1H3,(H2,20,22)/b16-10+. The van der Waals surface area contributed by atoms with Crippen LogP contribution in [-0.4, -0.2) is 4.99 Å². The molecule has 0 aliphatic carbocycles. The predicted molar refractivity (Wildman–Crippen MR) is 92.3 cm³/mol. The molecule has 0 atom stereocenters. The van der Waals surface area contributed by atoms with Crippen LogP contribution >= 0.6 is 12.2 Å². The summed E-state index contributed by atoms with van der Waals surface area (Å²) >= 11 is 4.81. The highest BCUT2D eigenvalue weighted by Crippen LogP contribution is 2.16. The van der Waals surface area contributed by atoms with Crippen molar-refractivity contribution in [1.82, 2.24) is 0 Å². The Bertz CT molecular complexity index is 742. The molecule has 0 amide bonds. The fourth-order valence-electron chi connectivity index (χ4n) is 1.95. The van der Waals surface area contributed by atoms with Gasteiger partial charge in [-0.1, -0.05) is 54.2 Å². The minimum atomic E-state index is 0.0993. The fraction of sp³-hybridized carbons (Fsp3) is 0.111. The Balaban J connectivity index is 2.03. The van der Waals surface area contributed by atoms with Gasteiger partial charge in [0, 0.05) is 0 Å². The Morgan fingerprint density at radius 1 is 1.27 bits per heavy atom. The lowest BCUT2D eigenvalue weighted by Gasteiger charge is -2.07. The third kappa shape index (κ3) is 4.44. The first-order valence-corrected chi connectivity index (χ1v) is 7.19. The van der Waals surface area contributed by atoms with E-state index in [2.05, 4.69) is 19.1 Å². The number of benzene rings is 2. The molecular formula is C18H16N2OS. The molecule has 0 heterocycles. The molecule has 110 valence electrons. The lowest BCUT2D eigenvalue weighted by atomic mass is 10.1. The zero-order valence-electron chi connectivity index (χ0n) is 12.2. The first kappa shape index (κ1) is 15.7. The smallest absolute Gasteiger partial charge is 0.119 e. The van der Waals surface area contributed by atoms with Crippen LogP contribution in [0.5, 0.6) is 5.75 Å². The molecule has 0 unspecified atom stereocenters. The summed E-state index contributed by atoms with van der Waals surface area (Å²) in [5.41, 5.74) is 8.95. The summed E-state index contributed by atoms with van der Waals surface area (Å²) in [6.07, 6.45) is 1.66. The topological polar surface area (TPSA) is 59.0 Å². The Hall–Kier alpha value is -2.64. The second-order valence-electron chi connectivity index (χ2n) is 4.88. The van der Waals surface area contributed by atoms with E-state index in [1.165, 1.54) is 5.56 Å². The highest BCUT2D eigenvalue weighted by molar-refractivity contribution is 7.80. The van der Waals surface area contributed by atoms with Gasteiger partial charge in [0.25, 0.3) is 0 Å². The molecule has 0 spiro atoms. The molecule has 4 heteroatoms. The van der Waals surface area contributed by atoms with Crippen molar-refractivity contribution in [2.24, 2.45) is 5.73 Å². The van der Waals surface area contributed by atoms with E-state index in [0.717, 1.165) is 16.9 Å². The lowest BCUT2D eigenvalue weighted by Crippen LogP contribution is -2.09. The zero-order valence-corrected chi connectivity index (χ0v) is 13.1. The minimum absolute atomic E-state index is 0.0993. The van der Waals surface area contributed by atoms with E-state index in [4.69, 9.17) is 28.0 Å². The molecule has 0 aliphatic rings. The van der Waals surface area contributed by atoms with E-state index in [0.29, 0.717) is 12.2 Å². The maximum atomic E-state index is 8.93. The number of nitriles is 1. The van der Waals surface area contributed by atoms with Gasteiger partial charge in [-0.2, -0.15) is 5.26 Å². The van der Waals surface area contributed by atoms with Crippen molar-refractivity contribution >= 4 is 23.3 Å². The van der Waals surface area contributed by atoms with Gasteiger partial charge in [0.2, 0.25) is 0 Å². The number of nitrogens with zero attached hydrogens (tertiary/aromatic N) is 1. The minimum Gasteiger partial charge on any atom is -0.489 e. The number of aryl methyl sites for hydroxylation is 1. The number of nitrogens with two attached hydrogens (primary N) is 1. The summed E-state index contributed by atoms with van der Waals surface area (Å²) in [6.45, 7) is 2.58. The second-order valence-corrected chi connectivity index (χ2v) is 5.32. The highest BCUT2D eigenvalue weighted by atomic mass is 32.1. The average Bonchev–Trinajstić information content (AvgIpc) is 2.51. The molecule has 22 heavy (non-hydrogen) atoms. The molecule has 0 saturated carbocycles. The van der Waals surface area contributed by atoms with Gasteiger partial charge in [-0.25, -0.2) is 0 Å². The molecule has 2 rings (SSSR count). The molecule has 2 aromatic rings. The number of hydrogen-bond donors (Lipinski definition) is 1. The van der Waals surface area contributed by atoms with Crippen LogP contribution in [0.15, 0.2) is 54.1 Å². The third-order valence-corrected chi connectivity index (χ3v) is 3.28. The Morgan fingerprint density at radius 3 is 2.59 bits per heavy atom. The van der Waals surface area contributed by atoms with E-state index >= 15 is 0 Å². The molecule has 0 fully saturated rings. The van der Waals surface area contributed by atoms with E-state index in [1.54, 1.807) is 6.08 Å². The molecule has 0 saturated heterocycles. The van der Waals surface area contributed by atoms with Crippen LogP contribution in [0.25, 0.3) is 6.08 Å². The largest absolute Gasteiger partial charge is 0.489 e. The van der Waals surface area contributed by atoms with Crippen molar-refractivity contribution in [2.45, 2.75) is 13.5 Å². The van der Waals surface area contributed by atoms with Gasteiger partial charge in [0.05, 0.1) is 5.57 Å². The van der Waals surface area contributed by atoms with Crippen molar-refractivity contribution in [1.29, 1.82) is 5.26 Å². The molecule has 0 aromatic heterocycles. The van der Waals surface area contributed by atoms with Crippen molar-refractivity contribution < 1.29 is 4.74 Å². The van der Waals surface area contributed by atoms with Gasteiger partial charge in [-0.15, -0.1) is 0 Å². The molecule has 0 radical (unpaired) electrons. The van der Waals surface area contributed by atoms with Gasteiger partial charge in [0.15, 0.2) is 0 Å². The number of thiocarbonyl (C=S) groups is 1. The van der Waals surface area contributed by atoms with Crippen LogP contribution < -0.4 is 10.5 Å². The Kier molecular flexibility index (Phi) is 5.29. The summed E-state index contributed by atoms with van der Waals surface area (Å²) in [4.78, 5) is 0.0993. The third-order valence-electron chi connectivity index (χ3n) is 3.07. The summed E-state index contributed by atoms with van der Waals surface area (Å²) in [6, 6.07) is 17.6. The van der Waals surface area contributed by atoms with Crippen LogP contribution in [0.4, 0.5) is 0 Å². The first-order chi connectivity index (χ1) is 10.6. The quantitative estimate of drug-likeness (QED) is 0.519. The van der Waals surface area contributed by atoms with Gasteiger partial charge in [-0.3, -0.25) is 0 Å². The van der Waals surface area contributed by atoms with Crippen molar-refractivity contribution in [2.75, 3.05) is 0 Å². The van der Waals surface area contributed by atoms with Crippen LogP contribution in [-0.2, 0) is 6.61 Å². The van der Waals surface area contributed by atoms with Gasteiger partial charge in [-0.05, 0) is 36.3 Å². The first-order valence-electron chi connectivity index (χ1n) is 6.78. The zero-order chi connectivity index (χ0) is 15.9. The van der Waals surface area contributed by atoms with Crippen molar-refractivity contribution in [3.63, 3.8) is 0 Å². The van der Waals surface area contributed by atoms with Crippen LogP contribution in [0.2, 0.25) is 0 Å². The molecule has 0 bridgehead atoms. The molecule has 2 N–H and O–H groups in total. The average molecular weight is 308 g/mol. The summed E-state index contributed by atoms with van der Waals surface area (Å²) in [5, 5.41) is 8.93. The number of ether oxygens (including phenoxy) is 1. The monoisotopic (exact) mass is 308 g/mol. The van der Waals surface area contributed by atoms with E-state index < -0.39 is 0 Å². The van der Waals surface area contributed by atoms with Gasteiger partial charge >= 0.3 is 0 Å². The highest BCUT2D eigenvalue weighted by Gasteiger charge is 2.00. The molecule has 3 nitrogen and oxygen atoms in total. The van der Waals surface area contributed by atoms with Crippen molar-refractivity contribution in [3.05, 3.63) is 70.8 Å². The second kappa shape index (κ2) is 7.39. The fourth-order valence-corrected chi connectivity index (χ4v) is 2.06. The van der Waals surface area contributed by atoms with Crippen molar-refractivity contribution in [3.8, 4) is 11.8 Å². The maximum Gasteiger partial charge on any atom is 0.119 e. The Morgan fingerprint density at radius 2 is 2.00 bits per heavy atom. The molecular weight excluding hydrogens is 292 g/mol. The van der Waals surface area contributed by atoms with E-state index in [1.807, 2.05) is 42.5 Å². The van der Waals surface area contributed by atoms with Gasteiger partial charge < -0.3 is 10.5 Å². The van der Waals surface area contributed by atoms with Crippen LogP contribution in [0, 0.1) is 18.3 Å². The summed E-state index contributed by atoms with van der Waals surface area (Å²) in [5.74, 6) is 0.771. The SMILES string of the molecule is Cc1cccc(COc2ccc(/C=C(\C#N)C(N)=S)cc2)c1. The summed E-state index contributed by atoms with van der Waals surface area (Å²) < 4.78 is 5.74. The molecule has 0 aliphatic heterocycles. The van der Waals surface area contributed by atoms with E-state index in [-0.39, 0.29) is 4.99 Å². The Labute approximate surface area is 135 Å². The molecule has 2 aromatic carbocycles.